The van der Waals surface area contributed by atoms with Crippen LogP contribution in [-0.2, 0) is 10.8 Å². The molecule has 2 heteroatoms. The fraction of sp³-hybridized carbons (Fsp3) is 0.0769. The molecule has 0 amide bonds. The van der Waals surface area contributed by atoms with Crippen molar-refractivity contribution >= 4 is 28.7 Å². The molecule has 0 saturated carbocycles. The summed E-state index contributed by atoms with van der Waals surface area (Å²) in [5, 5.41) is 0.755. The van der Waals surface area contributed by atoms with E-state index in [2.05, 4.69) is 195 Å². The SMILES string of the molecule is CC1(C)c2ccccc2-c2ccc(N(c3ccc(-c4ccccc4)cc3)c3ccc4c(c3)C3(c5ccccc5-c5ccc(Cl)cc53)c3ccccc3-4)cc21. The summed E-state index contributed by atoms with van der Waals surface area (Å²) in [5.41, 5.74) is 20.8. The lowest BCUT2D eigenvalue weighted by atomic mass is 9.70. The van der Waals surface area contributed by atoms with E-state index in [1.807, 2.05) is 6.07 Å². The standard InChI is InChI=1S/C52H36ClN/c1-51(2)45-17-9-6-14-39(45)42-28-25-37(31-48(42)51)54(36-23-20-34(21-24-36)33-12-4-3-5-13-33)38-26-29-44-41-16-8-11-19-47(41)52(50(44)32-38)46-18-10-7-15-40(46)43-27-22-35(53)30-49(43)52/h3-32H,1-2H3. The van der Waals surface area contributed by atoms with Crippen LogP contribution in [0.1, 0.15) is 47.2 Å². The van der Waals surface area contributed by atoms with E-state index in [1.54, 1.807) is 0 Å². The molecule has 8 aromatic carbocycles. The highest BCUT2D eigenvalue weighted by atomic mass is 35.5. The Labute approximate surface area is 321 Å². The molecule has 1 nitrogen and oxygen atoms in total. The van der Waals surface area contributed by atoms with Crippen molar-refractivity contribution in [3.05, 3.63) is 220 Å². The number of hydrogen-bond donors (Lipinski definition) is 0. The van der Waals surface area contributed by atoms with Gasteiger partial charge in [-0.1, -0.05) is 159 Å². The molecular formula is C52H36ClN. The minimum atomic E-state index is -0.497. The molecule has 0 radical (unpaired) electrons. The minimum absolute atomic E-state index is 0.120. The van der Waals surface area contributed by atoms with Gasteiger partial charge in [0.2, 0.25) is 0 Å². The molecule has 0 aromatic heterocycles. The number of hydrogen-bond acceptors (Lipinski definition) is 1. The van der Waals surface area contributed by atoms with Crippen LogP contribution in [0.2, 0.25) is 5.02 Å². The lowest BCUT2D eigenvalue weighted by molar-refractivity contribution is 0.660. The number of anilines is 3. The molecule has 0 aliphatic heterocycles. The fourth-order valence-electron chi connectivity index (χ4n) is 9.95. The highest BCUT2D eigenvalue weighted by Crippen LogP contribution is 2.63. The summed E-state index contributed by atoms with van der Waals surface area (Å²) in [5.74, 6) is 0. The minimum Gasteiger partial charge on any atom is -0.310 e. The number of benzene rings is 8. The van der Waals surface area contributed by atoms with Crippen molar-refractivity contribution in [1.29, 1.82) is 0 Å². The van der Waals surface area contributed by atoms with Crippen molar-refractivity contribution in [2.24, 2.45) is 0 Å². The summed E-state index contributed by atoms with van der Waals surface area (Å²) in [6.45, 7) is 4.72. The molecule has 0 fully saturated rings. The van der Waals surface area contributed by atoms with E-state index in [0.29, 0.717) is 0 Å². The van der Waals surface area contributed by atoms with E-state index in [0.717, 1.165) is 22.1 Å². The van der Waals surface area contributed by atoms with Gasteiger partial charge in [-0.15, -0.1) is 0 Å². The van der Waals surface area contributed by atoms with Gasteiger partial charge in [0.15, 0.2) is 0 Å². The zero-order chi connectivity index (χ0) is 36.2. The Balaban J connectivity index is 1.16. The highest BCUT2D eigenvalue weighted by Gasteiger charge is 2.52. The van der Waals surface area contributed by atoms with Crippen molar-refractivity contribution in [1.82, 2.24) is 0 Å². The molecule has 3 aliphatic carbocycles. The Bertz CT molecular complexity index is 2800. The first-order chi connectivity index (χ1) is 26.4. The first-order valence-electron chi connectivity index (χ1n) is 18.8. The van der Waals surface area contributed by atoms with Crippen LogP contribution < -0.4 is 4.90 Å². The second kappa shape index (κ2) is 11.4. The van der Waals surface area contributed by atoms with Gasteiger partial charge in [0.1, 0.15) is 0 Å². The van der Waals surface area contributed by atoms with Crippen LogP contribution in [0.3, 0.4) is 0 Å². The van der Waals surface area contributed by atoms with Crippen molar-refractivity contribution < 1.29 is 0 Å². The lowest BCUT2D eigenvalue weighted by Crippen LogP contribution is -2.26. The maximum absolute atomic E-state index is 6.88. The fourth-order valence-corrected chi connectivity index (χ4v) is 10.1. The smallest absolute Gasteiger partial charge is 0.0726 e. The monoisotopic (exact) mass is 709 g/mol. The van der Waals surface area contributed by atoms with Gasteiger partial charge in [0.05, 0.1) is 5.41 Å². The Morgan fingerprint density at radius 2 is 0.778 bits per heavy atom. The third-order valence-corrected chi connectivity index (χ3v) is 12.6. The average Bonchev–Trinajstić information content (AvgIpc) is 3.76. The first kappa shape index (κ1) is 31.4. The topological polar surface area (TPSA) is 3.24 Å². The van der Waals surface area contributed by atoms with Crippen LogP contribution in [0.15, 0.2) is 182 Å². The second-order valence-corrected chi connectivity index (χ2v) is 15.8. The van der Waals surface area contributed by atoms with Crippen LogP contribution in [0.25, 0.3) is 44.5 Å². The molecular weight excluding hydrogens is 674 g/mol. The quantitative estimate of drug-likeness (QED) is 0.176. The van der Waals surface area contributed by atoms with E-state index >= 15 is 0 Å². The molecule has 0 N–H and O–H groups in total. The lowest BCUT2D eigenvalue weighted by Gasteiger charge is -2.32. The summed E-state index contributed by atoms with van der Waals surface area (Å²) >= 11 is 6.88. The van der Waals surface area contributed by atoms with E-state index < -0.39 is 5.41 Å². The zero-order valence-electron chi connectivity index (χ0n) is 30.1. The molecule has 0 saturated heterocycles. The van der Waals surface area contributed by atoms with Gasteiger partial charge >= 0.3 is 0 Å². The normalized spacial score (nSPS) is 16.3. The number of rotatable bonds is 4. The van der Waals surface area contributed by atoms with E-state index in [1.165, 1.54) is 77.9 Å². The molecule has 256 valence electrons. The molecule has 54 heavy (non-hydrogen) atoms. The maximum atomic E-state index is 6.88. The van der Waals surface area contributed by atoms with Crippen molar-refractivity contribution in [3.63, 3.8) is 0 Å². The largest absolute Gasteiger partial charge is 0.310 e. The van der Waals surface area contributed by atoms with Gasteiger partial charge in [0.25, 0.3) is 0 Å². The van der Waals surface area contributed by atoms with Crippen molar-refractivity contribution in [3.8, 4) is 44.5 Å². The molecule has 0 heterocycles. The summed E-state index contributed by atoms with van der Waals surface area (Å²) in [6.07, 6.45) is 0. The van der Waals surface area contributed by atoms with Crippen LogP contribution in [0, 0.1) is 0 Å². The van der Waals surface area contributed by atoms with Crippen LogP contribution >= 0.6 is 11.6 Å². The van der Waals surface area contributed by atoms with Gasteiger partial charge in [0, 0.05) is 27.5 Å². The van der Waals surface area contributed by atoms with Gasteiger partial charge in [-0.2, -0.15) is 0 Å². The Hall–Kier alpha value is -6.15. The van der Waals surface area contributed by atoms with Crippen molar-refractivity contribution in [2.45, 2.75) is 24.7 Å². The van der Waals surface area contributed by atoms with Crippen LogP contribution in [0.5, 0.6) is 0 Å². The van der Waals surface area contributed by atoms with Crippen LogP contribution in [-0.4, -0.2) is 0 Å². The van der Waals surface area contributed by atoms with Gasteiger partial charge < -0.3 is 4.90 Å². The first-order valence-corrected chi connectivity index (χ1v) is 19.2. The molecule has 1 spiro atoms. The Morgan fingerprint density at radius 3 is 1.41 bits per heavy atom. The predicted octanol–water partition coefficient (Wildman–Crippen LogP) is 14.1. The Morgan fingerprint density at radius 1 is 0.352 bits per heavy atom. The van der Waals surface area contributed by atoms with E-state index in [9.17, 15) is 0 Å². The number of halogens is 1. The zero-order valence-corrected chi connectivity index (χ0v) is 30.9. The van der Waals surface area contributed by atoms with E-state index in [4.69, 9.17) is 11.6 Å². The molecule has 1 atom stereocenters. The summed E-state index contributed by atoms with van der Waals surface area (Å²) in [6, 6.07) is 67.1. The van der Waals surface area contributed by atoms with Gasteiger partial charge in [-0.3, -0.25) is 0 Å². The highest BCUT2D eigenvalue weighted by molar-refractivity contribution is 6.30. The third kappa shape index (κ3) is 4.22. The molecule has 3 aliphatic rings. The summed E-state index contributed by atoms with van der Waals surface area (Å²) < 4.78 is 0. The molecule has 1 unspecified atom stereocenters. The number of fused-ring (bicyclic) bond motifs is 13. The van der Waals surface area contributed by atoms with Gasteiger partial charge in [-0.25, -0.2) is 0 Å². The summed E-state index contributed by atoms with van der Waals surface area (Å²) in [7, 11) is 0. The molecule has 8 aromatic rings. The average molecular weight is 710 g/mol. The van der Waals surface area contributed by atoms with E-state index in [-0.39, 0.29) is 5.41 Å². The third-order valence-electron chi connectivity index (χ3n) is 12.4. The Kier molecular flexibility index (Phi) is 6.64. The van der Waals surface area contributed by atoms with Crippen molar-refractivity contribution in [2.75, 3.05) is 4.90 Å². The summed E-state index contributed by atoms with van der Waals surface area (Å²) in [4.78, 5) is 2.45. The number of nitrogens with zero attached hydrogens (tertiary/aromatic N) is 1. The predicted molar refractivity (Wildman–Crippen MR) is 225 cm³/mol. The second-order valence-electron chi connectivity index (χ2n) is 15.4. The van der Waals surface area contributed by atoms with Gasteiger partial charge in [-0.05, 0) is 126 Å². The maximum Gasteiger partial charge on any atom is 0.0726 e. The molecule has 11 rings (SSSR count). The van der Waals surface area contributed by atoms with Crippen LogP contribution in [0.4, 0.5) is 17.1 Å². The molecule has 0 bridgehead atoms.